The van der Waals surface area contributed by atoms with Crippen molar-refractivity contribution in [1.29, 1.82) is 5.26 Å². The van der Waals surface area contributed by atoms with Gasteiger partial charge in [0.15, 0.2) is 11.6 Å². The smallest absolute Gasteiger partial charge is 0.407 e. The number of carbonyl (C=O) groups excluding carboxylic acids is 4. The van der Waals surface area contributed by atoms with Gasteiger partial charge in [-0.25, -0.2) is 14.2 Å². The molecule has 4 heterocycles. The normalized spacial score (nSPS) is 35.5. The van der Waals surface area contributed by atoms with Crippen molar-refractivity contribution in [1.82, 2.24) is 20.1 Å². The molecule has 1 aromatic rings. The minimum absolute atomic E-state index is 0.0480. The van der Waals surface area contributed by atoms with Gasteiger partial charge in [0.05, 0.1) is 19.7 Å². The minimum Gasteiger partial charge on any atom is -0.472 e. The van der Waals surface area contributed by atoms with Crippen molar-refractivity contribution in [3.05, 3.63) is 18.3 Å². The largest absolute Gasteiger partial charge is 0.472 e. The molecule has 0 aromatic carbocycles. The molecular weight excluding hydrogens is 547 g/mol. The Balaban J connectivity index is 1.34. The predicted molar refractivity (Wildman–Crippen MR) is 144 cm³/mol. The number of pyridine rings is 1. The van der Waals surface area contributed by atoms with Gasteiger partial charge in [-0.3, -0.25) is 14.4 Å². The lowest BCUT2D eigenvalue weighted by atomic mass is 9.77. The zero-order valence-corrected chi connectivity index (χ0v) is 23.8. The Bertz CT molecular complexity index is 1350. The highest BCUT2D eigenvalue weighted by atomic mass is 19.1. The quantitative estimate of drug-likeness (QED) is 0.534. The second-order valence-corrected chi connectivity index (χ2v) is 12.3. The van der Waals surface area contributed by atoms with Crippen LogP contribution < -0.4 is 15.4 Å². The molecule has 42 heavy (non-hydrogen) atoms. The molecule has 13 heteroatoms. The summed E-state index contributed by atoms with van der Waals surface area (Å²) >= 11 is 0. The molecule has 2 saturated heterocycles. The molecule has 224 valence electrons. The van der Waals surface area contributed by atoms with E-state index in [1.807, 2.05) is 13.8 Å². The lowest BCUT2D eigenvalue weighted by molar-refractivity contribution is -0.148. The molecule has 0 unspecified atom stereocenters. The summed E-state index contributed by atoms with van der Waals surface area (Å²) in [5.74, 6) is -1.96. The van der Waals surface area contributed by atoms with Crippen LogP contribution >= 0.6 is 0 Å². The van der Waals surface area contributed by atoms with E-state index >= 15 is 4.39 Å². The van der Waals surface area contributed by atoms with Crippen LogP contribution in [0, 0.1) is 40.9 Å². The molecule has 12 nitrogen and oxygen atoms in total. The summed E-state index contributed by atoms with van der Waals surface area (Å²) in [6.45, 7) is 3.77. The summed E-state index contributed by atoms with van der Waals surface area (Å²) < 4.78 is 26.0. The predicted octanol–water partition coefficient (Wildman–Crippen LogP) is 1.87. The van der Waals surface area contributed by atoms with Gasteiger partial charge in [-0.2, -0.15) is 5.26 Å². The van der Waals surface area contributed by atoms with E-state index in [0.717, 1.165) is 0 Å². The van der Waals surface area contributed by atoms with E-state index < -0.39 is 59.6 Å². The van der Waals surface area contributed by atoms with Gasteiger partial charge in [0.2, 0.25) is 17.4 Å². The number of aromatic nitrogens is 1. The molecule has 4 fully saturated rings. The highest BCUT2D eigenvalue weighted by Crippen LogP contribution is 2.59. The number of methoxy groups -OCH3 is 1. The molecule has 6 rings (SSSR count). The Morgan fingerprint density at radius 3 is 2.83 bits per heavy atom. The van der Waals surface area contributed by atoms with E-state index in [1.165, 1.54) is 23.1 Å². The summed E-state index contributed by atoms with van der Waals surface area (Å²) in [4.78, 5) is 61.1. The molecule has 2 aliphatic carbocycles. The van der Waals surface area contributed by atoms with E-state index in [9.17, 15) is 24.4 Å². The van der Waals surface area contributed by atoms with Crippen LogP contribution in [-0.2, 0) is 19.1 Å². The molecule has 2 bridgehead atoms. The number of rotatable bonds is 5. The lowest BCUT2D eigenvalue weighted by Gasteiger charge is -2.37. The topological polar surface area (TPSA) is 154 Å². The third kappa shape index (κ3) is 4.25. The molecule has 5 aliphatic rings. The van der Waals surface area contributed by atoms with Gasteiger partial charge in [0.1, 0.15) is 24.3 Å². The number of anilines is 1. The van der Waals surface area contributed by atoms with Gasteiger partial charge < -0.3 is 29.9 Å². The molecule has 3 aliphatic heterocycles. The number of likely N-dealkylation sites (tertiary alicyclic amines) is 2. The number of carbonyl (C=O) groups is 4. The number of amides is 4. The summed E-state index contributed by atoms with van der Waals surface area (Å²) in [6.07, 6.45) is 1.24. The second-order valence-electron chi connectivity index (χ2n) is 12.3. The number of nitriles is 1. The molecule has 1 aromatic heterocycles. The van der Waals surface area contributed by atoms with Gasteiger partial charge in [-0.1, -0.05) is 20.3 Å². The highest BCUT2D eigenvalue weighted by molar-refractivity contribution is 6.01. The van der Waals surface area contributed by atoms with E-state index in [1.54, 1.807) is 12.1 Å². The number of nitrogens with one attached hydrogen (secondary N) is 2. The van der Waals surface area contributed by atoms with Crippen molar-refractivity contribution in [3.63, 3.8) is 0 Å². The first-order valence-corrected chi connectivity index (χ1v) is 14.6. The average Bonchev–Trinajstić information content (AvgIpc) is 3.75. The maximum Gasteiger partial charge on any atom is 0.407 e. The maximum absolute atomic E-state index is 15.1. The molecule has 2 N–H and O–H groups in total. The molecule has 10 atom stereocenters. The zero-order valence-electron chi connectivity index (χ0n) is 23.8. The van der Waals surface area contributed by atoms with Crippen LogP contribution in [0.3, 0.4) is 0 Å². The Morgan fingerprint density at radius 2 is 2.12 bits per heavy atom. The van der Waals surface area contributed by atoms with Gasteiger partial charge in [-0.05, 0) is 54.6 Å². The van der Waals surface area contributed by atoms with Gasteiger partial charge >= 0.3 is 6.09 Å². The SMILES string of the molecule is CC[C@H](C)[C@H](NC(=O)OC)C(=O)N1C[C@@H]2[C@H]3C[C@@H]([C@@H]2[C@H]1C(=O)N1C[C@@]2(C[C@H]1C#N)Oc1cccnc1NC2=O)[C@H](F)C3. The van der Waals surface area contributed by atoms with Crippen molar-refractivity contribution in [2.75, 3.05) is 25.5 Å². The van der Waals surface area contributed by atoms with Gasteiger partial charge in [0.25, 0.3) is 5.91 Å². The number of hydrogen-bond donors (Lipinski definition) is 2. The van der Waals surface area contributed by atoms with Gasteiger partial charge in [0, 0.05) is 19.2 Å². The Labute approximate surface area is 242 Å². The van der Waals surface area contributed by atoms with Crippen LogP contribution in [0.4, 0.5) is 15.0 Å². The maximum atomic E-state index is 15.1. The van der Waals surface area contributed by atoms with E-state index in [4.69, 9.17) is 9.47 Å². The number of alkyl carbamates (subject to hydrolysis) is 1. The van der Waals surface area contributed by atoms with E-state index in [2.05, 4.69) is 21.7 Å². The molecule has 0 radical (unpaired) electrons. The number of alkyl halides is 1. The lowest BCUT2D eigenvalue weighted by Crippen LogP contribution is -2.59. The van der Waals surface area contributed by atoms with Crippen LogP contribution in [0.1, 0.15) is 39.5 Å². The number of halogens is 1. The van der Waals surface area contributed by atoms with Crippen LogP contribution in [0.2, 0.25) is 0 Å². The fraction of sp³-hybridized carbons (Fsp3) is 0.655. The fourth-order valence-electron chi connectivity index (χ4n) is 7.97. The highest BCUT2D eigenvalue weighted by Gasteiger charge is 2.65. The summed E-state index contributed by atoms with van der Waals surface area (Å²) in [5, 5.41) is 15.5. The second kappa shape index (κ2) is 10.4. The first-order chi connectivity index (χ1) is 20.1. The zero-order chi connectivity index (χ0) is 29.9. The van der Waals surface area contributed by atoms with Crippen LogP contribution in [0.15, 0.2) is 18.3 Å². The van der Waals surface area contributed by atoms with Crippen LogP contribution in [-0.4, -0.2) is 88.7 Å². The van der Waals surface area contributed by atoms with Crippen molar-refractivity contribution >= 4 is 29.6 Å². The first-order valence-electron chi connectivity index (χ1n) is 14.6. The van der Waals surface area contributed by atoms with Crippen molar-refractivity contribution in [3.8, 4) is 11.8 Å². The number of hydrogen-bond acceptors (Lipinski definition) is 8. The number of fused-ring (bicyclic) bond motifs is 6. The van der Waals surface area contributed by atoms with Crippen molar-refractivity contribution in [2.45, 2.75) is 69.4 Å². The fourth-order valence-corrected chi connectivity index (χ4v) is 7.97. The summed E-state index contributed by atoms with van der Waals surface area (Å²) in [6, 6.07) is 2.46. The van der Waals surface area contributed by atoms with Crippen LogP contribution in [0.5, 0.6) is 5.75 Å². The average molecular weight is 583 g/mol. The summed E-state index contributed by atoms with van der Waals surface area (Å²) in [5.41, 5.74) is -1.51. The summed E-state index contributed by atoms with van der Waals surface area (Å²) in [7, 11) is 1.21. The Morgan fingerprint density at radius 1 is 1.33 bits per heavy atom. The van der Waals surface area contributed by atoms with Crippen molar-refractivity contribution < 1.29 is 33.0 Å². The molecular formula is C29H35FN6O6. The monoisotopic (exact) mass is 582 g/mol. The van der Waals surface area contributed by atoms with E-state index in [-0.39, 0.29) is 49.0 Å². The molecule has 4 amide bonds. The number of ether oxygens (including phenoxy) is 2. The molecule has 2 saturated carbocycles. The standard InChI is InChI=1S/C29H35FN6O6/c1-4-14(2)22(33-28(40)41-3)25(37)35-12-18-15-8-17(19(30)9-15)21(18)23(35)26(38)36-13-29(10-16(36)11-31)27(39)34-24-20(42-29)6-5-7-32-24/h5-7,14-19,21-23H,4,8-10,12-13H2,1-3H3,(H,33,40)(H,32,34,39)/t14-,15-,16-,17+,18+,19+,21-,22-,23-,29+/m0/s1. The van der Waals surface area contributed by atoms with Gasteiger partial charge in [-0.15, -0.1) is 0 Å². The third-order valence-electron chi connectivity index (χ3n) is 10.2. The number of nitrogens with zero attached hydrogens (tertiary/aromatic N) is 4. The Kier molecular flexibility index (Phi) is 6.98. The first kappa shape index (κ1) is 28.2. The third-order valence-corrected chi connectivity index (χ3v) is 10.2. The van der Waals surface area contributed by atoms with E-state index in [0.29, 0.717) is 25.0 Å². The van der Waals surface area contributed by atoms with Crippen molar-refractivity contribution in [2.24, 2.45) is 29.6 Å². The molecule has 1 spiro atoms. The van der Waals surface area contributed by atoms with Crippen LogP contribution in [0.25, 0.3) is 0 Å². The Hall–Kier alpha value is -3.95. The minimum atomic E-state index is -1.51.